The van der Waals surface area contributed by atoms with Gasteiger partial charge < -0.3 is 20.3 Å². The number of aryl methyl sites for hydroxylation is 1. The van der Waals surface area contributed by atoms with E-state index in [4.69, 9.17) is 4.74 Å². The van der Waals surface area contributed by atoms with Gasteiger partial charge in [0.25, 0.3) is 0 Å². The Bertz CT molecular complexity index is 721. The number of pyridine rings is 1. The summed E-state index contributed by atoms with van der Waals surface area (Å²) in [5, 5.41) is 10.9. The van der Waals surface area contributed by atoms with Crippen LogP contribution in [0.25, 0.3) is 0 Å². The minimum absolute atomic E-state index is 0. The third-order valence-corrected chi connectivity index (χ3v) is 4.55. The highest BCUT2D eigenvalue weighted by Crippen LogP contribution is 2.15. The number of guanidine groups is 1. The zero-order valence-corrected chi connectivity index (χ0v) is 19.6. The van der Waals surface area contributed by atoms with Gasteiger partial charge in [-0.05, 0) is 38.0 Å². The summed E-state index contributed by atoms with van der Waals surface area (Å²) in [7, 11) is 0. The van der Waals surface area contributed by atoms with Gasteiger partial charge in [0.2, 0.25) is 0 Å². The fourth-order valence-corrected chi connectivity index (χ4v) is 3.12. The van der Waals surface area contributed by atoms with Crippen LogP contribution in [0.4, 0.5) is 5.82 Å². The van der Waals surface area contributed by atoms with Gasteiger partial charge in [-0.25, -0.2) is 9.98 Å². The monoisotopic (exact) mass is 513 g/mol. The van der Waals surface area contributed by atoms with Gasteiger partial charge in [-0.3, -0.25) is 4.68 Å². The van der Waals surface area contributed by atoms with Crippen molar-refractivity contribution in [1.82, 2.24) is 25.4 Å². The molecule has 1 atom stereocenters. The topological polar surface area (TPSA) is 79.6 Å². The summed E-state index contributed by atoms with van der Waals surface area (Å²) in [6.45, 7) is 9.87. The minimum atomic E-state index is 0. The average molecular weight is 513 g/mol. The van der Waals surface area contributed by atoms with E-state index in [9.17, 15) is 0 Å². The maximum absolute atomic E-state index is 5.60. The highest BCUT2D eigenvalue weighted by Gasteiger charge is 2.17. The summed E-state index contributed by atoms with van der Waals surface area (Å²) in [5.74, 6) is 1.83. The summed E-state index contributed by atoms with van der Waals surface area (Å²) >= 11 is 0. The van der Waals surface area contributed by atoms with Gasteiger partial charge in [-0.2, -0.15) is 5.10 Å². The Morgan fingerprint density at radius 3 is 2.93 bits per heavy atom. The van der Waals surface area contributed by atoms with Gasteiger partial charge in [-0.1, -0.05) is 6.07 Å². The van der Waals surface area contributed by atoms with Gasteiger partial charge in [0.15, 0.2) is 5.96 Å². The van der Waals surface area contributed by atoms with Crippen molar-refractivity contribution in [2.24, 2.45) is 4.99 Å². The van der Waals surface area contributed by atoms with E-state index in [-0.39, 0.29) is 30.1 Å². The largest absolute Gasteiger partial charge is 0.375 e. The van der Waals surface area contributed by atoms with Crippen molar-refractivity contribution in [3.05, 3.63) is 42.4 Å². The first-order valence-corrected chi connectivity index (χ1v) is 10.1. The molecule has 1 fully saturated rings. The van der Waals surface area contributed by atoms with Crippen molar-refractivity contribution in [1.29, 1.82) is 0 Å². The first-order valence-electron chi connectivity index (χ1n) is 10.1. The number of nitrogens with zero attached hydrogens (tertiary/aromatic N) is 5. The molecule has 0 radical (unpaired) electrons. The van der Waals surface area contributed by atoms with Crippen LogP contribution in [0.1, 0.15) is 25.8 Å². The lowest BCUT2D eigenvalue weighted by Crippen LogP contribution is -2.41. The van der Waals surface area contributed by atoms with Gasteiger partial charge in [0.05, 0.1) is 19.3 Å². The average Bonchev–Trinajstić information content (AvgIpc) is 3.23. The molecule has 2 aromatic rings. The van der Waals surface area contributed by atoms with Crippen molar-refractivity contribution >= 4 is 35.8 Å². The molecule has 3 heterocycles. The highest BCUT2D eigenvalue weighted by molar-refractivity contribution is 14.0. The van der Waals surface area contributed by atoms with E-state index in [0.29, 0.717) is 6.54 Å². The Morgan fingerprint density at radius 2 is 2.24 bits per heavy atom. The van der Waals surface area contributed by atoms with Crippen molar-refractivity contribution in [2.75, 3.05) is 37.7 Å². The summed E-state index contributed by atoms with van der Waals surface area (Å²) in [5.41, 5.74) is 1.10. The number of hydrogen-bond donors (Lipinski definition) is 2. The van der Waals surface area contributed by atoms with Crippen LogP contribution in [0.15, 0.2) is 41.8 Å². The number of hydrogen-bond acceptors (Lipinski definition) is 5. The molecule has 9 heteroatoms. The Morgan fingerprint density at radius 1 is 1.34 bits per heavy atom. The van der Waals surface area contributed by atoms with E-state index in [1.54, 1.807) is 6.20 Å². The lowest BCUT2D eigenvalue weighted by Gasteiger charge is -2.32. The van der Waals surface area contributed by atoms with Crippen molar-refractivity contribution in [3.63, 3.8) is 0 Å². The number of anilines is 1. The summed E-state index contributed by atoms with van der Waals surface area (Å²) in [6.07, 6.45) is 6.94. The molecule has 2 N–H and O–H groups in total. The normalized spacial score (nSPS) is 17.0. The third-order valence-electron chi connectivity index (χ3n) is 4.55. The van der Waals surface area contributed by atoms with Crippen LogP contribution in [0.5, 0.6) is 0 Å². The standard InChI is InChI=1S/C20H31N7O.HI/c1-3-21-20(22-8-4-10-27-11-5-9-25-27)24-15-18-6-7-19(23-14-18)26-12-13-28-17(2)16-26;/h5-7,9,11,14,17H,3-4,8,10,12-13,15-16H2,1-2H3,(H2,21,22,24);1H. The predicted molar refractivity (Wildman–Crippen MR) is 127 cm³/mol. The zero-order valence-electron chi connectivity index (χ0n) is 17.3. The van der Waals surface area contributed by atoms with E-state index in [0.717, 1.165) is 63.1 Å². The molecule has 0 amide bonds. The molecular formula is C20H32IN7O. The first kappa shape index (κ1) is 23.4. The fraction of sp³-hybridized carbons (Fsp3) is 0.550. The van der Waals surface area contributed by atoms with Crippen molar-refractivity contribution in [3.8, 4) is 0 Å². The maximum atomic E-state index is 5.60. The number of aliphatic imine (C=N–C) groups is 1. The summed E-state index contributed by atoms with van der Waals surface area (Å²) < 4.78 is 7.54. The molecule has 1 aliphatic heterocycles. The maximum Gasteiger partial charge on any atom is 0.191 e. The minimum Gasteiger partial charge on any atom is -0.375 e. The number of nitrogens with one attached hydrogen (secondary N) is 2. The molecule has 0 aromatic carbocycles. The molecule has 1 aliphatic rings. The summed E-state index contributed by atoms with van der Waals surface area (Å²) in [4.78, 5) is 11.6. The highest BCUT2D eigenvalue weighted by atomic mass is 127. The third kappa shape index (κ3) is 7.81. The van der Waals surface area contributed by atoms with Crippen LogP contribution in [0.2, 0.25) is 0 Å². The second-order valence-electron chi connectivity index (χ2n) is 6.90. The Kier molecular flexibility index (Phi) is 10.2. The van der Waals surface area contributed by atoms with Gasteiger partial charge >= 0.3 is 0 Å². The van der Waals surface area contributed by atoms with Crippen LogP contribution in [0.3, 0.4) is 0 Å². The van der Waals surface area contributed by atoms with Crippen molar-refractivity contribution in [2.45, 2.75) is 39.5 Å². The number of morpholine rings is 1. The molecule has 0 aliphatic carbocycles. The second-order valence-corrected chi connectivity index (χ2v) is 6.90. The number of halogens is 1. The van der Waals surface area contributed by atoms with Crippen LogP contribution >= 0.6 is 24.0 Å². The summed E-state index contributed by atoms with van der Waals surface area (Å²) in [6, 6.07) is 6.12. The quantitative estimate of drug-likeness (QED) is 0.244. The van der Waals surface area contributed by atoms with Crippen molar-refractivity contribution < 1.29 is 4.74 Å². The van der Waals surface area contributed by atoms with E-state index in [2.05, 4.69) is 56.6 Å². The Labute approximate surface area is 190 Å². The van der Waals surface area contributed by atoms with Gasteiger partial charge in [0, 0.05) is 51.3 Å². The smallest absolute Gasteiger partial charge is 0.191 e. The SMILES string of the molecule is CCNC(=NCc1ccc(N2CCOC(C)C2)nc1)NCCCn1cccn1.I. The predicted octanol–water partition coefficient (Wildman–Crippen LogP) is 2.27. The zero-order chi connectivity index (χ0) is 19.6. The number of ether oxygens (including phenoxy) is 1. The molecule has 0 saturated carbocycles. The van der Waals surface area contributed by atoms with E-state index in [1.165, 1.54) is 0 Å². The van der Waals surface area contributed by atoms with Gasteiger partial charge in [-0.15, -0.1) is 24.0 Å². The molecule has 29 heavy (non-hydrogen) atoms. The van der Waals surface area contributed by atoms with E-state index in [1.807, 2.05) is 23.1 Å². The number of rotatable bonds is 8. The van der Waals surface area contributed by atoms with Crippen LogP contribution < -0.4 is 15.5 Å². The molecule has 0 spiro atoms. The molecule has 8 nitrogen and oxygen atoms in total. The molecular weight excluding hydrogens is 481 g/mol. The Balaban J connectivity index is 0.00000300. The molecule has 1 unspecified atom stereocenters. The van der Waals surface area contributed by atoms with Gasteiger partial charge in [0.1, 0.15) is 5.82 Å². The van der Waals surface area contributed by atoms with E-state index >= 15 is 0 Å². The lowest BCUT2D eigenvalue weighted by molar-refractivity contribution is 0.0529. The first-order chi connectivity index (χ1) is 13.7. The number of aromatic nitrogens is 3. The second kappa shape index (κ2) is 12.6. The van der Waals surface area contributed by atoms with Crippen LogP contribution in [0, 0.1) is 0 Å². The molecule has 2 aromatic heterocycles. The van der Waals surface area contributed by atoms with E-state index < -0.39 is 0 Å². The fourth-order valence-electron chi connectivity index (χ4n) is 3.12. The van der Waals surface area contributed by atoms with Crippen LogP contribution in [-0.4, -0.2) is 59.6 Å². The Hall–Kier alpha value is -1.88. The molecule has 3 rings (SSSR count). The molecule has 1 saturated heterocycles. The van der Waals surface area contributed by atoms with Crippen LogP contribution in [-0.2, 0) is 17.8 Å². The lowest BCUT2D eigenvalue weighted by atomic mass is 10.2. The molecule has 0 bridgehead atoms. The molecule has 160 valence electrons.